The van der Waals surface area contributed by atoms with Crippen molar-refractivity contribution < 1.29 is 4.42 Å². The smallest absolute Gasteiger partial charge is 0.134 e. The number of furan rings is 1. The van der Waals surface area contributed by atoms with Crippen LogP contribution in [0.4, 0.5) is 0 Å². The van der Waals surface area contributed by atoms with Gasteiger partial charge in [0.15, 0.2) is 0 Å². The molecule has 13 heavy (non-hydrogen) atoms. The van der Waals surface area contributed by atoms with Crippen molar-refractivity contribution in [3.05, 3.63) is 41.7 Å². The van der Waals surface area contributed by atoms with E-state index in [1.807, 2.05) is 19.1 Å². The number of benzene rings is 1. The monoisotopic (exact) mass is 172 g/mol. The number of hydrogen-bond donors (Lipinski definition) is 0. The van der Waals surface area contributed by atoms with Crippen molar-refractivity contribution in [1.82, 2.24) is 0 Å². The summed E-state index contributed by atoms with van der Waals surface area (Å²) in [6.07, 6.45) is 1.85. The molecule has 0 bridgehead atoms. The molecule has 0 atom stereocenters. The van der Waals surface area contributed by atoms with Gasteiger partial charge in [-0.3, -0.25) is 0 Å². The Balaban J connectivity index is 2.88. The number of hydrogen-bond acceptors (Lipinski definition) is 1. The Bertz CT molecular complexity index is 463. The molecule has 1 heterocycles. The summed E-state index contributed by atoms with van der Waals surface area (Å²) in [6.45, 7) is 7.83. The molecular weight excluding hydrogens is 160 g/mol. The van der Waals surface area contributed by atoms with Crippen molar-refractivity contribution in [2.75, 3.05) is 0 Å². The molecule has 0 amide bonds. The van der Waals surface area contributed by atoms with Crippen LogP contribution in [0.5, 0.6) is 0 Å². The van der Waals surface area contributed by atoms with Gasteiger partial charge in [0.1, 0.15) is 11.3 Å². The minimum atomic E-state index is 0.940. The molecule has 1 heteroatoms. The molecule has 2 rings (SSSR count). The summed E-state index contributed by atoms with van der Waals surface area (Å²) in [4.78, 5) is 0. The summed E-state index contributed by atoms with van der Waals surface area (Å²) in [5.41, 5.74) is 3.30. The molecule has 0 radical (unpaired) electrons. The zero-order chi connectivity index (χ0) is 9.42. The van der Waals surface area contributed by atoms with E-state index in [0.717, 1.165) is 22.3 Å². The molecule has 0 aliphatic carbocycles. The normalized spacial score (nSPS) is 10.6. The van der Waals surface area contributed by atoms with Gasteiger partial charge in [0.05, 0.1) is 0 Å². The molecule has 1 nitrogen and oxygen atoms in total. The predicted molar refractivity (Wildman–Crippen MR) is 55.8 cm³/mol. The third kappa shape index (κ3) is 1.17. The van der Waals surface area contributed by atoms with Crippen LogP contribution in [-0.4, -0.2) is 0 Å². The molecular formula is C12H12O. The molecule has 2 aromatic rings. The van der Waals surface area contributed by atoms with Gasteiger partial charge in [-0.15, -0.1) is 0 Å². The first-order valence-corrected chi connectivity index (χ1v) is 4.34. The van der Waals surface area contributed by atoms with E-state index < -0.39 is 0 Å². The quantitative estimate of drug-likeness (QED) is 0.639. The van der Waals surface area contributed by atoms with Crippen LogP contribution in [0.1, 0.15) is 16.9 Å². The Hall–Kier alpha value is -1.50. The summed E-state index contributed by atoms with van der Waals surface area (Å²) in [7, 11) is 0. The van der Waals surface area contributed by atoms with E-state index in [4.69, 9.17) is 4.42 Å². The van der Waals surface area contributed by atoms with Gasteiger partial charge in [-0.1, -0.05) is 24.3 Å². The number of aryl methyl sites for hydroxylation is 2. The number of fused-ring (bicyclic) bond motifs is 1. The first kappa shape index (κ1) is 8.11. The lowest BCUT2D eigenvalue weighted by Crippen LogP contribution is -1.73. The lowest BCUT2D eigenvalue weighted by molar-refractivity contribution is 0.577. The van der Waals surface area contributed by atoms with Crippen molar-refractivity contribution in [1.29, 1.82) is 0 Å². The standard InChI is InChI=1S/C12H12O/c1-4-10-9(3)13-12-6-5-8(2)7-11(10)12/h4-7H,1H2,2-3H3. The Kier molecular flexibility index (Phi) is 1.73. The van der Waals surface area contributed by atoms with E-state index in [2.05, 4.69) is 25.6 Å². The van der Waals surface area contributed by atoms with E-state index in [9.17, 15) is 0 Å². The second kappa shape index (κ2) is 2.77. The van der Waals surface area contributed by atoms with E-state index in [1.54, 1.807) is 0 Å². The topological polar surface area (TPSA) is 13.1 Å². The van der Waals surface area contributed by atoms with Gasteiger partial charge >= 0.3 is 0 Å². The second-order valence-corrected chi connectivity index (χ2v) is 3.28. The van der Waals surface area contributed by atoms with Crippen LogP contribution in [0.3, 0.4) is 0 Å². The molecule has 0 spiro atoms. The predicted octanol–water partition coefficient (Wildman–Crippen LogP) is 3.69. The molecule has 0 aliphatic rings. The minimum absolute atomic E-state index is 0.940. The molecule has 0 aliphatic heterocycles. The SMILES string of the molecule is C=Cc1c(C)oc2ccc(C)cc12. The zero-order valence-corrected chi connectivity index (χ0v) is 7.92. The summed E-state index contributed by atoms with van der Waals surface area (Å²) >= 11 is 0. The maximum atomic E-state index is 5.57. The molecule has 0 saturated heterocycles. The number of rotatable bonds is 1. The summed E-state index contributed by atoms with van der Waals surface area (Å²) in [6, 6.07) is 6.19. The Morgan fingerprint density at radius 1 is 1.31 bits per heavy atom. The maximum absolute atomic E-state index is 5.57. The van der Waals surface area contributed by atoms with Crippen molar-refractivity contribution >= 4 is 17.0 Å². The van der Waals surface area contributed by atoms with Crippen molar-refractivity contribution in [3.63, 3.8) is 0 Å². The summed E-state index contributed by atoms with van der Waals surface area (Å²) < 4.78 is 5.57. The van der Waals surface area contributed by atoms with Gasteiger partial charge in [-0.2, -0.15) is 0 Å². The molecule has 0 fully saturated rings. The molecule has 66 valence electrons. The van der Waals surface area contributed by atoms with Crippen LogP contribution in [0.15, 0.2) is 29.2 Å². The lowest BCUT2D eigenvalue weighted by Gasteiger charge is -1.92. The van der Waals surface area contributed by atoms with E-state index in [1.165, 1.54) is 5.56 Å². The summed E-state index contributed by atoms with van der Waals surface area (Å²) in [5.74, 6) is 0.940. The van der Waals surface area contributed by atoms with E-state index >= 15 is 0 Å². The Morgan fingerprint density at radius 3 is 2.77 bits per heavy atom. The largest absolute Gasteiger partial charge is 0.461 e. The highest BCUT2D eigenvalue weighted by atomic mass is 16.3. The van der Waals surface area contributed by atoms with Crippen LogP contribution in [0, 0.1) is 13.8 Å². The highest BCUT2D eigenvalue weighted by Gasteiger charge is 2.06. The molecule has 0 unspecified atom stereocenters. The average Bonchev–Trinajstić information content (AvgIpc) is 2.40. The van der Waals surface area contributed by atoms with Gasteiger partial charge < -0.3 is 4.42 Å². The van der Waals surface area contributed by atoms with Crippen LogP contribution >= 0.6 is 0 Å². The fourth-order valence-corrected chi connectivity index (χ4v) is 1.61. The first-order chi connectivity index (χ1) is 6.22. The van der Waals surface area contributed by atoms with Gasteiger partial charge in [0, 0.05) is 10.9 Å². The van der Waals surface area contributed by atoms with Crippen LogP contribution in [0.2, 0.25) is 0 Å². The first-order valence-electron chi connectivity index (χ1n) is 4.34. The third-order valence-electron chi connectivity index (χ3n) is 2.27. The zero-order valence-electron chi connectivity index (χ0n) is 7.92. The average molecular weight is 172 g/mol. The van der Waals surface area contributed by atoms with E-state index in [-0.39, 0.29) is 0 Å². The minimum Gasteiger partial charge on any atom is -0.461 e. The van der Waals surface area contributed by atoms with Gasteiger partial charge in [-0.25, -0.2) is 0 Å². The molecule has 1 aromatic carbocycles. The third-order valence-corrected chi connectivity index (χ3v) is 2.27. The van der Waals surface area contributed by atoms with Crippen LogP contribution in [0.25, 0.3) is 17.0 Å². The van der Waals surface area contributed by atoms with Crippen molar-refractivity contribution in [3.8, 4) is 0 Å². The fourth-order valence-electron chi connectivity index (χ4n) is 1.61. The van der Waals surface area contributed by atoms with Crippen LogP contribution < -0.4 is 0 Å². The molecule has 0 N–H and O–H groups in total. The Labute approximate surface area is 77.7 Å². The van der Waals surface area contributed by atoms with Crippen LogP contribution in [-0.2, 0) is 0 Å². The Morgan fingerprint density at radius 2 is 2.08 bits per heavy atom. The van der Waals surface area contributed by atoms with E-state index in [0.29, 0.717) is 0 Å². The van der Waals surface area contributed by atoms with Gasteiger partial charge in [0.2, 0.25) is 0 Å². The van der Waals surface area contributed by atoms with Crippen molar-refractivity contribution in [2.24, 2.45) is 0 Å². The highest BCUT2D eigenvalue weighted by molar-refractivity contribution is 5.88. The fraction of sp³-hybridized carbons (Fsp3) is 0.167. The highest BCUT2D eigenvalue weighted by Crippen LogP contribution is 2.26. The molecule has 0 saturated carbocycles. The lowest BCUT2D eigenvalue weighted by atomic mass is 10.1. The van der Waals surface area contributed by atoms with Crippen molar-refractivity contribution in [2.45, 2.75) is 13.8 Å². The molecule has 1 aromatic heterocycles. The second-order valence-electron chi connectivity index (χ2n) is 3.28. The van der Waals surface area contributed by atoms with Gasteiger partial charge in [-0.05, 0) is 26.0 Å². The summed E-state index contributed by atoms with van der Waals surface area (Å²) in [5, 5.41) is 1.16. The van der Waals surface area contributed by atoms with Gasteiger partial charge in [0.25, 0.3) is 0 Å². The maximum Gasteiger partial charge on any atom is 0.134 e.